The molecule has 0 fully saturated rings. The van der Waals surface area contributed by atoms with Gasteiger partial charge in [-0.05, 0) is 25.0 Å². The molecule has 0 aliphatic rings. The largest absolute Gasteiger partial charge is 0.416 e. The second kappa shape index (κ2) is 6.70. The smallest absolute Gasteiger partial charge is 0.326 e. The van der Waals surface area contributed by atoms with E-state index in [2.05, 4.69) is 14.8 Å². The monoisotopic (exact) mass is 279 g/mol. The molecule has 108 valence electrons. The number of anilines is 1. The van der Waals surface area contributed by atoms with Crippen LogP contribution in [0.3, 0.4) is 0 Å². The summed E-state index contributed by atoms with van der Waals surface area (Å²) in [5.41, 5.74) is 2.30. The van der Waals surface area contributed by atoms with E-state index in [-0.39, 0.29) is 0 Å². The maximum atomic E-state index is 12.0. The fraction of sp³-hybridized carbons (Fsp3) is 0.357. The number of esters is 2. The molecule has 0 spiro atoms. The van der Waals surface area contributed by atoms with Gasteiger partial charge < -0.3 is 14.8 Å². The number of benzene rings is 1. The zero-order valence-electron chi connectivity index (χ0n) is 11.9. The highest BCUT2D eigenvalue weighted by Gasteiger charge is 2.25. The minimum absolute atomic E-state index is 0.599. The van der Waals surface area contributed by atoms with E-state index < -0.39 is 24.1 Å². The molecule has 20 heavy (non-hydrogen) atoms. The third-order valence-electron chi connectivity index (χ3n) is 2.49. The van der Waals surface area contributed by atoms with Crippen LogP contribution in [0.25, 0.3) is 0 Å². The number of hydrogen-bond donors (Lipinski definition) is 1. The average Bonchev–Trinajstić information content (AvgIpc) is 2.31. The number of carbonyl (C=O) groups is 3. The minimum atomic E-state index is -1.59. The highest BCUT2D eigenvalue weighted by atomic mass is 16.7. The molecule has 0 heterocycles. The van der Waals surface area contributed by atoms with Gasteiger partial charge in [0.25, 0.3) is 0 Å². The molecule has 1 aromatic carbocycles. The number of aryl methyl sites for hydroxylation is 2. The molecule has 0 bridgehead atoms. The molecule has 0 saturated carbocycles. The van der Waals surface area contributed by atoms with E-state index in [1.807, 2.05) is 32.0 Å². The van der Waals surface area contributed by atoms with Crippen LogP contribution in [0.4, 0.5) is 5.69 Å². The molecule has 1 rings (SSSR count). The first-order valence-electron chi connectivity index (χ1n) is 6.02. The third kappa shape index (κ3) is 4.38. The van der Waals surface area contributed by atoms with Crippen molar-refractivity contribution < 1.29 is 23.9 Å². The first kappa shape index (κ1) is 15.7. The van der Waals surface area contributed by atoms with Gasteiger partial charge in [-0.3, -0.25) is 14.4 Å². The molecule has 6 nitrogen and oxygen atoms in total. The summed E-state index contributed by atoms with van der Waals surface area (Å²) in [6.45, 7) is 5.91. The van der Waals surface area contributed by atoms with Gasteiger partial charge in [-0.25, -0.2) is 0 Å². The van der Waals surface area contributed by atoms with Crippen molar-refractivity contribution in [2.24, 2.45) is 0 Å². The minimum Gasteiger partial charge on any atom is -0.416 e. The van der Waals surface area contributed by atoms with Crippen molar-refractivity contribution in [1.29, 1.82) is 0 Å². The molecule has 0 unspecified atom stereocenters. The lowest BCUT2D eigenvalue weighted by atomic mass is 10.1. The maximum Gasteiger partial charge on any atom is 0.326 e. The summed E-state index contributed by atoms with van der Waals surface area (Å²) in [4.78, 5) is 33.9. The van der Waals surface area contributed by atoms with Gasteiger partial charge in [-0.1, -0.05) is 18.2 Å². The topological polar surface area (TPSA) is 81.7 Å². The van der Waals surface area contributed by atoms with Gasteiger partial charge in [0.15, 0.2) is 0 Å². The van der Waals surface area contributed by atoms with Crippen LogP contribution >= 0.6 is 0 Å². The lowest BCUT2D eigenvalue weighted by Crippen LogP contribution is -2.36. The first-order valence-corrected chi connectivity index (χ1v) is 6.02. The molecule has 0 atom stereocenters. The summed E-state index contributed by atoms with van der Waals surface area (Å²) >= 11 is 0. The van der Waals surface area contributed by atoms with Gasteiger partial charge in [0.2, 0.25) is 0 Å². The van der Waals surface area contributed by atoms with E-state index in [0.29, 0.717) is 5.69 Å². The van der Waals surface area contributed by atoms with Gasteiger partial charge in [-0.2, -0.15) is 0 Å². The Morgan fingerprint density at radius 2 is 1.45 bits per heavy atom. The summed E-state index contributed by atoms with van der Waals surface area (Å²) in [6.07, 6.45) is -1.59. The van der Waals surface area contributed by atoms with Gasteiger partial charge >= 0.3 is 24.1 Å². The van der Waals surface area contributed by atoms with E-state index in [4.69, 9.17) is 0 Å². The molecule has 0 radical (unpaired) electrons. The normalized spacial score (nSPS) is 10.1. The Morgan fingerprint density at radius 3 is 1.85 bits per heavy atom. The second-order valence-corrected chi connectivity index (χ2v) is 4.31. The van der Waals surface area contributed by atoms with E-state index in [1.165, 1.54) is 0 Å². The van der Waals surface area contributed by atoms with Gasteiger partial charge in [0.05, 0.1) is 0 Å². The lowest BCUT2D eigenvalue weighted by molar-refractivity contribution is -0.188. The Morgan fingerprint density at radius 1 is 1.00 bits per heavy atom. The van der Waals surface area contributed by atoms with Gasteiger partial charge in [0, 0.05) is 19.5 Å². The van der Waals surface area contributed by atoms with Gasteiger partial charge in [-0.15, -0.1) is 0 Å². The summed E-state index contributed by atoms with van der Waals surface area (Å²) < 4.78 is 9.36. The summed E-state index contributed by atoms with van der Waals surface area (Å²) in [5.74, 6) is -2.14. The van der Waals surface area contributed by atoms with Crippen molar-refractivity contribution in [2.45, 2.75) is 34.0 Å². The fourth-order valence-corrected chi connectivity index (χ4v) is 1.63. The molecule has 0 aromatic heterocycles. The predicted molar refractivity (Wildman–Crippen MR) is 71.9 cm³/mol. The number of nitrogens with one attached hydrogen (secondary N) is 1. The number of amides is 1. The van der Waals surface area contributed by atoms with E-state index in [0.717, 1.165) is 25.0 Å². The third-order valence-corrected chi connectivity index (χ3v) is 2.49. The van der Waals surface area contributed by atoms with Crippen LogP contribution in [0.5, 0.6) is 0 Å². The number of para-hydroxylation sites is 1. The molecule has 0 aliphatic heterocycles. The van der Waals surface area contributed by atoms with Crippen LogP contribution < -0.4 is 5.32 Å². The number of hydrogen-bond acceptors (Lipinski definition) is 5. The SMILES string of the molecule is CC(=O)OC(OC(C)=O)C(=O)Nc1c(C)cccc1C. The number of carbonyl (C=O) groups excluding carboxylic acids is 3. The molecule has 0 aliphatic carbocycles. The second-order valence-electron chi connectivity index (χ2n) is 4.31. The molecular formula is C14H17NO5. The van der Waals surface area contributed by atoms with Crippen LogP contribution in [-0.2, 0) is 23.9 Å². The van der Waals surface area contributed by atoms with E-state index >= 15 is 0 Å². The number of rotatable bonds is 4. The highest BCUT2D eigenvalue weighted by Crippen LogP contribution is 2.20. The summed E-state index contributed by atoms with van der Waals surface area (Å²) in [5, 5.41) is 2.60. The Bertz CT molecular complexity index is 502. The predicted octanol–water partition coefficient (Wildman–Crippen LogP) is 1.69. The van der Waals surface area contributed by atoms with Crippen LogP contribution in [0, 0.1) is 13.8 Å². The Kier molecular flexibility index (Phi) is 5.25. The lowest BCUT2D eigenvalue weighted by Gasteiger charge is -2.18. The van der Waals surface area contributed by atoms with Crippen LogP contribution in [-0.4, -0.2) is 24.1 Å². The van der Waals surface area contributed by atoms with Crippen molar-refractivity contribution in [3.8, 4) is 0 Å². The van der Waals surface area contributed by atoms with E-state index in [9.17, 15) is 14.4 Å². The van der Waals surface area contributed by atoms with Crippen molar-refractivity contribution >= 4 is 23.5 Å². The van der Waals surface area contributed by atoms with Crippen molar-refractivity contribution in [2.75, 3.05) is 5.32 Å². The van der Waals surface area contributed by atoms with Crippen molar-refractivity contribution in [3.05, 3.63) is 29.3 Å². The fourth-order valence-electron chi connectivity index (χ4n) is 1.63. The quantitative estimate of drug-likeness (QED) is 0.670. The summed E-state index contributed by atoms with van der Waals surface area (Å²) in [6, 6.07) is 5.51. The highest BCUT2D eigenvalue weighted by molar-refractivity contribution is 5.96. The van der Waals surface area contributed by atoms with Gasteiger partial charge in [0.1, 0.15) is 0 Å². The standard InChI is InChI=1S/C14H17NO5/c1-8-6-5-7-9(2)12(8)15-13(18)14(19-10(3)16)20-11(4)17/h5-7,14H,1-4H3,(H,15,18). The maximum absolute atomic E-state index is 12.0. The zero-order valence-corrected chi connectivity index (χ0v) is 11.9. The average molecular weight is 279 g/mol. The number of ether oxygens (including phenoxy) is 2. The molecule has 1 aromatic rings. The van der Waals surface area contributed by atoms with Crippen molar-refractivity contribution in [1.82, 2.24) is 0 Å². The van der Waals surface area contributed by atoms with Crippen molar-refractivity contribution in [3.63, 3.8) is 0 Å². The molecule has 1 N–H and O–H groups in total. The summed E-state index contributed by atoms with van der Waals surface area (Å²) in [7, 11) is 0. The van der Waals surface area contributed by atoms with Crippen LogP contribution in [0.2, 0.25) is 0 Å². The Balaban J connectivity index is 2.90. The molecule has 6 heteroatoms. The van der Waals surface area contributed by atoms with Crippen LogP contribution in [0.15, 0.2) is 18.2 Å². The molecule has 1 amide bonds. The Hall–Kier alpha value is -2.37. The van der Waals surface area contributed by atoms with Crippen LogP contribution in [0.1, 0.15) is 25.0 Å². The molecular weight excluding hydrogens is 262 g/mol. The van der Waals surface area contributed by atoms with E-state index in [1.54, 1.807) is 0 Å². The zero-order chi connectivity index (χ0) is 15.3. The Labute approximate surface area is 117 Å². The first-order chi connectivity index (χ1) is 9.31. The molecule has 0 saturated heterocycles.